The summed E-state index contributed by atoms with van der Waals surface area (Å²) >= 11 is 6.31. The van der Waals surface area contributed by atoms with Crippen LogP contribution in [-0.2, 0) is 6.54 Å². The molecule has 0 aromatic heterocycles. The Balaban J connectivity index is 1.41. The van der Waals surface area contributed by atoms with Crippen molar-refractivity contribution < 1.29 is 9.90 Å². The summed E-state index contributed by atoms with van der Waals surface area (Å²) in [5, 5.41) is 11.9. The molecular formula is C20H28ClN3O2. The number of amides is 2. The normalized spacial score (nSPS) is 29.7. The molecule has 1 aromatic carbocycles. The number of benzene rings is 1. The van der Waals surface area contributed by atoms with Crippen molar-refractivity contribution >= 4 is 17.6 Å². The van der Waals surface area contributed by atoms with E-state index in [2.05, 4.69) is 11.0 Å². The van der Waals surface area contributed by atoms with Crippen LogP contribution in [0.5, 0.6) is 0 Å². The molecule has 3 saturated heterocycles. The SMILES string of the molecule is O=C(N1CCCC1)N1CC[C@]2(O)CCN(Cc3ccccc3Cl)C[C@@H]2C1. The molecule has 2 amide bonds. The lowest BCUT2D eigenvalue weighted by molar-refractivity contribution is -0.108. The number of rotatable bonds is 2. The van der Waals surface area contributed by atoms with Gasteiger partial charge in [-0.2, -0.15) is 0 Å². The lowest BCUT2D eigenvalue weighted by Gasteiger charge is -2.50. The van der Waals surface area contributed by atoms with Crippen molar-refractivity contribution in [2.75, 3.05) is 39.3 Å². The molecule has 0 aliphatic carbocycles. The maximum atomic E-state index is 12.7. The fourth-order valence-corrected chi connectivity index (χ4v) is 4.86. The number of nitrogens with zero attached hydrogens (tertiary/aromatic N) is 3. The minimum Gasteiger partial charge on any atom is -0.389 e. The highest BCUT2D eigenvalue weighted by Crippen LogP contribution is 2.36. The van der Waals surface area contributed by atoms with E-state index in [4.69, 9.17) is 11.6 Å². The van der Waals surface area contributed by atoms with Crippen molar-refractivity contribution in [2.24, 2.45) is 5.92 Å². The molecule has 1 N–H and O–H groups in total. The van der Waals surface area contributed by atoms with Gasteiger partial charge in [0.2, 0.25) is 0 Å². The van der Waals surface area contributed by atoms with E-state index >= 15 is 0 Å². The van der Waals surface area contributed by atoms with Gasteiger partial charge in [-0.3, -0.25) is 4.90 Å². The van der Waals surface area contributed by atoms with Gasteiger partial charge in [0.05, 0.1) is 5.60 Å². The number of hydrogen-bond acceptors (Lipinski definition) is 3. The van der Waals surface area contributed by atoms with Crippen molar-refractivity contribution in [1.29, 1.82) is 0 Å². The molecule has 3 aliphatic heterocycles. The molecule has 0 saturated carbocycles. The molecule has 0 bridgehead atoms. The summed E-state index contributed by atoms with van der Waals surface area (Å²) in [4.78, 5) is 19.0. The number of urea groups is 1. The zero-order valence-corrected chi connectivity index (χ0v) is 16.0. The van der Waals surface area contributed by atoms with Gasteiger partial charge in [0.15, 0.2) is 0 Å². The molecule has 1 aromatic rings. The number of aliphatic hydroxyl groups is 1. The van der Waals surface area contributed by atoms with Crippen molar-refractivity contribution in [2.45, 2.75) is 37.8 Å². The molecule has 26 heavy (non-hydrogen) atoms. The predicted octanol–water partition coefficient (Wildman–Crippen LogP) is 2.81. The average molecular weight is 378 g/mol. The Morgan fingerprint density at radius 2 is 1.81 bits per heavy atom. The zero-order valence-electron chi connectivity index (χ0n) is 15.2. The van der Waals surface area contributed by atoms with E-state index in [0.717, 1.165) is 62.6 Å². The Morgan fingerprint density at radius 3 is 2.58 bits per heavy atom. The molecule has 3 heterocycles. The third-order valence-corrected chi connectivity index (χ3v) is 6.72. The fourth-order valence-electron chi connectivity index (χ4n) is 4.66. The summed E-state index contributed by atoms with van der Waals surface area (Å²) in [5.41, 5.74) is 0.499. The van der Waals surface area contributed by atoms with E-state index in [1.165, 1.54) is 0 Å². The van der Waals surface area contributed by atoms with Crippen LogP contribution in [0.4, 0.5) is 4.79 Å². The van der Waals surface area contributed by atoms with Crippen LogP contribution in [0, 0.1) is 5.92 Å². The van der Waals surface area contributed by atoms with Crippen LogP contribution in [0.2, 0.25) is 5.02 Å². The van der Waals surface area contributed by atoms with E-state index in [9.17, 15) is 9.90 Å². The van der Waals surface area contributed by atoms with Gasteiger partial charge in [0.25, 0.3) is 0 Å². The van der Waals surface area contributed by atoms with Gasteiger partial charge >= 0.3 is 6.03 Å². The summed E-state index contributed by atoms with van der Waals surface area (Å²) in [5.74, 6) is 0.110. The van der Waals surface area contributed by atoms with Crippen molar-refractivity contribution in [3.05, 3.63) is 34.9 Å². The second-order valence-electron chi connectivity index (χ2n) is 8.05. The third kappa shape index (κ3) is 3.57. The molecule has 0 unspecified atom stereocenters. The lowest BCUT2D eigenvalue weighted by atomic mass is 9.75. The first-order valence-electron chi connectivity index (χ1n) is 9.77. The summed E-state index contributed by atoms with van der Waals surface area (Å²) < 4.78 is 0. The van der Waals surface area contributed by atoms with Crippen molar-refractivity contribution in [1.82, 2.24) is 14.7 Å². The van der Waals surface area contributed by atoms with E-state index in [1.807, 2.05) is 28.0 Å². The van der Waals surface area contributed by atoms with Crippen LogP contribution < -0.4 is 0 Å². The Bertz CT molecular complexity index is 664. The quantitative estimate of drug-likeness (QED) is 0.862. The largest absolute Gasteiger partial charge is 0.389 e. The minimum absolute atomic E-state index is 0.110. The average Bonchev–Trinajstić information content (AvgIpc) is 3.17. The molecule has 0 radical (unpaired) electrons. The first kappa shape index (κ1) is 18.1. The third-order valence-electron chi connectivity index (χ3n) is 6.35. The number of carbonyl (C=O) groups is 1. The standard InChI is InChI=1S/C20H28ClN3O2/c21-18-6-2-1-5-16(18)13-22-11-7-20(26)8-12-24(15-17(20)14-22)19(25)23-9-3-4-10-23/h1-2,5-6,17,26H,3-4,7-15H2/t17-,20-/m1/s1. The van der Waals surface area contributed by atoms with Crippen LogP contribution in [0.15, 0.2) is 24.3 Å². The molecule has 3 aliphatic rings. The van der Waals surface area contributed by atoms with Gasteiger partial charge in [-0.15, -0.1) is 0 Å². The Kier molecular flexibility index (Phi) is 5.13. The Labute approximate surface area is 160 Å². The van der Waals surface area contributed by atoms with E-state index in [1.54, 1.807) is 0 Å². The lowest BCUT2D eigenvalue weighted by Crippen LogP contribution is -2.61. The van der Waals surface area contributed by atoms with Gasteiger partial charge in [0, 0.05) is 56.8 Å². The minimum atomic E-state index is -0.626. The van der Waals surface area contributed by atoms with Crippen molar-refractivity contribution in [3.63, 3.8) is 0 Å². The predicted molar refractivity (Wildman–Crippen MR) is 102 cm³/mol. The number of carbonyl (C=O) groups excluding carboxylic acids is 1. The van der Waals surface area contributed by atoms with Crippen LogP contribution in [0.3, 0.4) is 0 Å². The van der Waals surface area contributed by atoms with E-state index < -0.39 is 5.60 Å². The molecule has 3 fully saturated rings. The second kappa shape index (κ2) is 7.37. The summed E-state index contributed by atoms with van der Waals surface area (Å²) in [6.45, 7) is 5.57. The van der Waals surface area contributed by atoms with Gasteiger partial charge in [-0.25, -0.2) is 4.79 Å². The molecule has 4 rings (SSSR count). The highest BCUT2D eigenvalue weighted by Gasteiger charge is 2.46. The second-order valence-corrected chi connectivity index (χ2v) is 8.46. The van der Waals surface area contributed by atoms with Crippen LogP contribution in [0.25, 0.3) is 0 Å². The number of hydrogen-bond donors (Lipinski definition) is 1. The van der Waals surface area contributed by atoms with Gasteiger partial charge in [-0.05, 0) is 37.3 Å². The first-order valence-corrected chi connectivity index (χ1v) is 10.1. The van der Waals surface area contributed by atoms with E-state index in [-0.39, 0.29) is 11.9 Å². The topological polar surface area (TPSA) is 47.0 Å². The molecule has 5 nitrogen and oxygen atoms in total. The van der Waals surface area contributed by atoms with Crippen LogP contribution in [-0.4, -0.2) is 70.7 Å². The monoisotopic (exact) mass is 377 g/mol. The number of fused-ring (bicyclic) bond motifs is 1. The maximum Gasteiger partial charge on any atom is 0.320 e. The maximum absolute atomic E-state index is 12.7. The number of halogens is 1. The van der Waals surface area contributed by atoms with Crippen LogP contribution >= 0.6 is 11.6 Å². The molecular weight excluding hydrogens is 350 g/mol. The van der Waals surface area contributed by atoms with Gasteiger partial charge in [-0.1, -0.05) is 29.8 Å². The zero-order chi connectivity index (χ0) is 18.1. The van der Waals surface area contributed by atoms with Gasteiger partial charge < -0.3 is 14.9 Å². The van der Waals surface area contributed by atoms with E-state index in [0.29, 0.717) is 19.5 Å². The molecule has 6 heteroatoms. The summed E-state index contributed by atoms with van der Waals surface area (Å²) in [6.07, 6.45) is 3.68. The first-order chi connectivity index (χ1) is 12.5. The van der Waals surface area contributed by atoms with Gasteiger partial charge in [0.1, 0.15) is 0 Å². The summed E-state index contributed by atoms with van der Waals surface area (Å²) in [7, 11) is 0. The molecule has 0 spiro atoms. The number of piperidine rings is 2. The highest BCUT2D eigenvalue weighted by atomic mass is 35.5. The molecule has 2 atom stereocenters. The van der Waals surface area contributed by atoms with Crippen LogP contribution in [0.1, 0.15) is 31.2 Å². The number of likely N-dealkylation sites (tertiary alicyclic amines) is 3. The Morgan fingerprint density at radius 1 is 1.08 bits per heavy atom. The Hall–Kier alpha value is -1.30. The summed E-state index contributed by atoms with van der Waals surface area (Å²) in [6, 6.07) is 8.11. The smallest absolute Gasteiger partial charge is 0.320 e. The highest BCUT2D eigenvalue weighted by molar-refractivity contribution is 6.31. The fraction of sp³-hybridized carbons (Fsp3) is 0.650. The van der Waals surface area contributed by atoms with Crippen molar-refractivity contribution in [3.8, 4) is 0 Å². The molecule has 142 valence electrons.